The van der Waals surface area contributed by atoms with Crippen molar-refractivity contribution >= 4 is 32.9 Å². The number of fused-ring (bicyclic) bond motifs is 1. The lowest BCUT2D eigenvalue weighted by molar-refractivity contribution is 0.0523. The van der Waals surface area contributed by atoms with Crippen molar-refractivity contribution in [3.05, 3.63) is 22.8 Å². The predicted molar refractivity (Wildman–Crippen MR) is 70.7 cm³/mol. The first-order valence-electron chi connectivity index (χ1n) is 5.37. The van der Waals surface area contributed by atoms with Gasteiger partial charge < -0.3 is 9.84 Å². The third kappa shape index (κ3) is 2.48. The van der Waals surface area contributed by atoms with Crippen molar-refractivity contribution < 1.29 is 14.6 Å². The molecule has 96 valence electrons. The average molecular weight is 313 g/mol. The normalized spacial score (nSPS) is 11.8. The van der Waals surface area contributed by atoms with Gasteiger partial charge in [0.2, 0.25) is 0 Å². The van der Waals surface area contributed by atoms with Gasteiger partial charge in [0.15, 0.2) is 0 Å². The fourth-order valence-corrected chi connectivity index (χ4v) is 1.96. The molecule has 1 N–H and O–H groups in total. The van der Waals surface area contributed by atoms with Gasteiger partial charge in [-0.25, -0.2) is 4.79 Å². The van der Waals surface area contributed by atoms with Crippen LogP contribution in [0.4, 0.5) is 4.79 Å². The molecule has 2 rings (SSSR count). The van der Waals surface area contributed by atoms with E-state index >= 15 is 0 Å². The van der Waals surface area contributed by atoms with Gasteiger partial charge in [-0.3, -0.25) is 0 Å². The minimum Gasteiger partial charge on any atom is -0.507 e. The number of carbonyl (C=O) groups is 1. The molecule has 1 heterocycles. The topological polar surface area (TPSA) is 64.4 Å². The van der Waals surface area contributed by atoms with E-state index in [2.05, 4.69) is 21.0 Å². The Morgan fingerprint density at radius 2 is 2.11 bits per heavy atom. The molecule has 18 heavy (non-hydrogen) atoms. The van der Waals surface area contributed by atoms with Gasteiger partial charge in [0.05, 0.1) is 17.1 Å². The SMILES string of the molecule is CC(C)(C)OC(=O)n1ncc2c(O)cc(Br)cc21. The number of benzene rings is 1. The smallest absolute Gasteiger partial charge is 0.435 e. The molecule has 1 aromatic heterocycles. The molecule has 6 heteroatoms. The second kappa shape index (κ2) is 4.28. The summed E-state index contributed by atoms with van der Waals surface area (Å²) in [7, 11) is 0. The van der Waals surface area contributed by atoms with Crippen molar-refractivity contribution in [1.29, 1.82) is 0 Å². The summed E-state index contributed by atoms with van der Waals surface area (Å²) < 4.78 is 7.03. The molecule has 0 aliphatic carbocycles. The van der Waals surface area contributed by atoms with Gasteiger partial charge in [-0.1, -0.05) is 15.9 Å². The zero-order valence-corrected chi connectivity index (χ0v) is 11.9. The molecule has 0 aliphatic heterocycles. The first kappa shape index (κ1) is 12.9. The Morgan fingerprint density at radius 3 is 2.72 bits per heavy atom. The number of halogens is 1. The third-order valence-electron chi connectivity index (χ3n) is 2.20. The summed E-state index contributed by atoms with van der Waals surface area (Å²) in [5, 5.41) is 14.2. The molecule has 0 aliphatic rings. The maximum Gasteiger partial charge on any atom is 0.435 e. The molecule has 0 amide bonds. The van der Waals surface area contributed by atoms with Crippen LogP contribution in [0.15, 0.2) is 22.8 Å². The first-order valence-corrected chi connectivity index (χ1v) is 6.17. The lowest BCUT2D eigenvalue weighted by atomic mass is 10.2. The Kier molecular flexibility index (Phi) is 3.06. The number of phenols is 1. The molecule has 0 unspecified atom stereocenters. The summed E-state index contributed by atoms with van der Waals surface area (Å²) >= 11 is 3.26. The van der Waals surface area contributed by atoms with Crippen molar-refractivity contribution in [3.63, 3.8) is 0 Å². The number of hydrogen-bond acceptors (Lipinski definition) is 4. The molecule has 0 atom stereocenters. The molecule has 0 fully saturated rings. The van der Waals surface area contributed by atoms with E-state index in [4.69, 9.17) is 4.74 Å². The Labute approximate surface area is 112 Å². The fourth-order valence-electron chi connectivity index (χ4n) is 1.53. The summed E-state index contributed by atoms with van der Waals surface area (Å²) in [5.41, 5.74) is -0.0974. The van der Waals surface area contributed by atoms with E-state index in [0.29, 0.717) is 15.4 Å². The van der Waals surface area contributed by atoms with Crippen molar-refractivity contribution in [1.82, 2.24) is 9.78 Å². The molecule has 0 saturated heterocycles. The van der Waals surface area contributed by atoms with Crippen LogP contribution in [0.5, 0.6) is 5.75 Å². The fraction of sp³-hybridized carbons (Fsp3) is 0.333. The molecule has 5 nitrogen and oxygen atoms in total. The van der Waals surface area contributed by atoms with E-state index in [-0.39, 0.29) is 5.75 Å². The molecule has 0 spiro atoms. The van der Waals surface area contributed by atoms with Gasteiger partial charge in [0, 0.05) is 4.47 Å². The molecule has 1 aromatic carbocycles. The van der Waals surface area contributed by atoms with Gasteiger partial charge in [-0.2, -0.15) is 9.78 Å². The third-order valence-corrected chi connectivity index (χ3v) is 2.66. The van der Waals surface area contributed by atoms with Crippen LogP contribution >= 0.6 is 15.9 Å². The van der Waals surface area contributed by atoms with Crippen LogP contribution in [0.2, 0.25) is 0 Å². The Bertz CT molecular complexity index is 614. The number of rotatable bonds is 0. The van der Waals surface area contributed by atoms with Gasteiger partial charge in [-0.15, -0.1) is 0 Å². The zero-order valence-electron chi connectivity index (χ0n) is 10.3. The molecule has 0 radical (unpaired) electrons. The number of aromatic nitrogens is 2. The minimum atomic E-state index is -0.594. The standard InChI is InChI=1S/C12H13BrN2O3/c1-12(2,3)18-11(17)15-9-4-7(13)5-10(16)8(9)6-14-15/h4-6,16H,1-3H3. The summed E-state index contributed by atoms with van der Waals surface area (Å²) in [4.78, 5) is 11.9. The molecule has 0 saturated carbocycles. The van der Waals surface area contributed by atoms with Gasteiger partial charge in [-0.05, 0) is 32.9 Å². The summed E-state index contributed by atoms with van der Waals surface area (Å²) in [6.45, 7) is 5.35. The summed E-state index contributed by atoms with van der Waals surface area (Å²) in [5.74, 6) is 0.0641. The Balaban J connectivity index is 2.49. The monoisotopic (exact) mass is 312 g/mol. The lowest BCUT2D eigenvalue weighted by Crippen LogP contribution is -2.27. The predicted octanol–water partition coefficient (Wildman–Crippen LogP) is 3.29. The van der Waals surface area contributed by atoms with E-state index in [1.165, 1.54) is 6.20 Å². The maximum absolute atomic E-state index is 11.9. The van der Waals surface area contributed by atoms with Crippen molar-refractivity contribution in [3.8, 4) is 5.75 Å². The maximum atomic E-state index is 11.9. The number of nitrogens with zero attached hydrogens (tertiary/aromatic N) is 2. The molecule has 0 bridgehead atoms. The van der Waals surface area contributed by atoms with E-state index in [1.807, 2.05) is 0 Å². The van der Waals surface area contributed by atoms with E-state index < -0.39 is 11.7 Å². The second-order valence-corrected chi connectivity index (χ2v) is 5.81. The summed E-state index contributed by atoms with van der Waals surface area (Å²) in [6.07, 6.45) is 0.858. The van der Waals surface area contributed by atoms with Gasteiger partial charge in [0.25, 0.3) is 0 Å². The largest absolute Gasteiger partial charge is 0.507 e. The van der Waals surface area contributed by atoms with Crippen LogP contribution in [0.3, 0.4) is 0 Å². The highest BCUT2D eigenvalue weighted by atomic mass is 79.9. The van der Waals surface area contributed by atoms with Gasteiger partial charge in [0.1, 0.15) is 11.4 Å². The van der Waals surface area contributed by atoms with Gasteiger partial charge >= 0.3 is 6.09 Å². The van der Waals surface area contributed by atoms with Crippen LogP contribution in [-0.4, -0.2) is 26.6 Å². The number of ether oxygens (including phenoxy) is 1. The number of phenolic OH excluding ortho intramolecular Hbond substituents is 1. The van der Waals surface area contributed by atoms with E-state index in [1.54, 1.807) is 32.9 Å². The molecular formula is C12H13BrN2O3. The highest BCUT2D eigenvalue weighted by Gasteiger charge is 2.20. The Hall–Kier alpha value is -1.56. The van der Waals surface area contributed by atoms with Crippen LogP contribution in [0.25, 0.3) is 10.9 Å². The summed E-state index contributed by atoms with van der Waals surface area (Å²) in [6, 6.07) is 3.25. The first-order chi connectivity index (χ1) is 8.28. The lowest BCUT2D eigenvalue weighted by Gasteiger charge is -2.19. The highest BCUT2D eigenvalue weighted by Crippen LogP contribution is 2.29. The van der Waals surface area contributed by atoms with Crippen LogP contribution in [-0.2, 0) is 4.74 Å². The average Bonchev–Trinajstić information content (AvgIpc) is 2.58. The molecular weight excluding hydrogens is 300 g/mol. The second-order valence-electron chi connectivity index (χ2n) is 4.89. The van der Waals surface area contributed by atoms with Crippen molar-refractivity contribution in [2.75, 3.05) is 0 Å². The van der Waals surface area contributed by atoms with E-state index in [9.17, 15) is 9.90 Å². The number of carbonyl (C=O) groups excluding carboxylic acids is 1. The van der Waals surface area contributed by atoms with Crippen molar-refractivity contribution in [2.24, 2.45) is 0 Å². The number of hydrogen-bond donors (Lipinski definition) is 1. The van der Waals surface area contributed by atoms with Crippen molar-refractivity contribution in [2.45, 2.75) is 26.4 Å². The van der Waals surface area contributed by atoms with E-state index in [0.717, 1.165) is 4.68 Å². The van der Waals surface area contributed by atoms with Crippen LogP contribution in [0.1, 0.15) is 20.8 Å². The zero-order chi connectivity index (χ0) is 13.5. The Morgan fingerprint density at radius 1 is 1.44 bits per heavy atom. The highest BCUT2D eigenvalue weighted by molar-refractivity contribution is 9.10. The van der Waals surface area contributed by atoms with Crippen LogP contribution in [0, 0.1) is 0 Å². The quantitative estimate of drug-likeness (QED) is 0.810. The molecule has 2 aromatic rings. The number of aromatic hydroxyl groups is 1. The van der Waals surface area contributed by atoms with Crippen LogP contribution < -0.4 is 0 Å². The minimum absolute atomic E-state index is 0.0641.